The summed E-state index contributed by atoms with van der Waals surface area (Å²) in [6.45, 7) is 2.09. The van der Waals surface area contributed by atoms with E-state index in [1.165, 1.54) is 17.8 Å². The molecule has 7 heteroatoms. The lowest BCUT2D eigenvalue weighted by Gasteiger charge is -2.07. The summed E-state index contributed by atoms with van der Waals surface area (Å²) in [7, 11) is 0. The van der Waals surface area contributed by atoms with Crippen LogP contribution < -0.4 is 11.1 Å². The number of nitrogens with two attached hydrogens (primary N) is 1. The summed E-state index contributed by atoms with van der Waals surface area (Å²) in [5.74, 6) is 0.379. The second kappa shape index (κ2) is 7.44. The van der Waals surface area contributed by atoms with Crippen molar-refractivity contribution in [1.29, 1.82) is 0 Å². The average molecular weight is 305 g/mol. The lowest BCUT2D eigenvalue weighted by Crippen LogP contribution is -2.22. The maximum atomic E-state index is 12.5. The van der Waals surface area contributed by atoms with Gasteiger partial charge < -0.3 is 11.1 Å². The maximum Gasteiger partial charge on any atom is 0.280 e. The van der Waals surface area contributed by atoms with Crippen LogP contribution in [0.25, 0.3) is 0 Å². The fraction of sp³-hybridized carbons (Fsp3) is 0.267. The van der Waals surface area contributed by atoms with Crippen molar-refractivity contribution in [2.45, 2.75) is 26.3 Å². The van der Waals surface area contributed by atoms with Crippen molar-refractivity contribution in [2.24, 2.45) is 10.7 Å². The molecule has 1 heterocycles. The second-order valence-corrected chi connectivity index (χ2v) is 4.58. The van der Waals surface area contributed by atoms with Gasteiger partial charge in [0.25, 0.3) is 6.43 Å². The van der Waals surface area contributed by atoms with Crippen molar-refractivity contribution in [2.75, 3.05) is 5.32 Å². The normalized spacial score (nSPS) is 11.7. The number of nitrogens with zero attached hydrogens (tertiary/aromatic N) is 3. The highest BCUT2D eigenvalue weighted by Crippen LogP contribution is 2.15. The smallest absolute Gasteiger partial charge is 0.280 e. The third kappa shape index (κ3) is 4.47. The van der Waals surface area contributed by atoms with Crippen LogP contribution in [0.5, 0.6) is 0 Å². The Morgan fingerprint density at radius 3 is 2.91 bits per heavy atom. The largest absolute Gasteiger partial charge is 0.370 e. The first-order chi connectivity index (χ1) is 10.6. The van der Waals surface area contributed by atoms with E-state index in [-0.39, 0.29) is 24.0 Å². The predicted molar refractivity (Wildman–Crippen MR) is 81.8 cm³/mol. The summed E-state index contributed by atoms with van der Waals surface area (Å²) in [4.78, 5) is 11.7. The maximum absolute atomic E-state index is 12.5. The lowest BCUT2D eigenvalue weighted by molar-refractivity contribution is 0.145. The number of benzene rings is 1. The van der Waals surface area contributed by atoms with E-state index in [1.54, 1.807) is 0 Å². The minimum Gasteiger partial charge on any atom is -0.370 e. The number of aromatic nitrogens is 2. The van der Waals surface area contributed by atoms with Gasteiger partial charge in [0, 0.05) is 11.9 Å². The van der Waals surface area contributed by atoms with Crippen LogP contribution in [0.3, 0.4) is 0 Å². The van der Waals surface area contributed by atoms with Gasteiger partial charge in [0.2, 0.25) is 0 Å². The third-order valence-electron chi connectivity index (χ3n) is 2.95. The van der Waals surface area contributed by atoms with Crippen LogP contribution in [0, 0.1) is 0 Å². The molecule has 0 saturated carbocycles. The van der Waals surface area contributed by atoms with Crippen LogP contribution in [-0.2, 0) is 13.0 Å². The molecule has 116 valence electrons. The molecule has 0 radical (unpaired) electrons. The summed E-state index contributed by atoms with van der Waals surface area (Å²) >= 11 is 0. The van der Waals surface area contributed by atoms with Crippen LogP contribution in [-0.4, -0.2) is 15.9 Å². The van der Waals surface area contributed by atoms with Crippen molar-refractivity contribution in [3.8, 4) is 0 Å². The highest BCUT2D eigenvalue weighted by Gasteiger charge is 2.09. The van der Waals surface area contributed by atoms with E-state index in [0.29, 0.717) is 0 Å². The molecule has 0 atom stereocenters. The first kappa shape index (κ1) is 15.8. The Morgan fingerprint density at radius 2 is 2.18 bits per heavy atom. The standard InChI is InChI=1S/C15H17F2N5/c1-2-10-4-3-5-11(8-10)21-15(18)20-9-13-19-7-6-12(22-13)14(16)17/h3-8,14H,2,9H2,1H3,(H3,18,20,21). The minimum absolute atomic E-state index is 0.0346. The van der Waals surface area contributed by atoms with Crippen molar-refractivity contribution in [3.63, 3.8) is 0 Å². The molecule has 0 bridgehead atoms. The van der Waals surface area contributed by atoms with Gasteiger partial charge in [-0.3, -0.25) is 0 Å². The molecule has 0 aliphatic heterocycles. The fourth-order valence-corrected chi connectivity index (χ4v) is 1.82. The number of rotatable bonds is 5. The van der Waals surface area contributed by atoms with Gasteiger partial charge in [-0.1, -0.05) is 19.1 Å². The molecule has 0 aliphatic carbocycles. The number of halogens is 2. The Morgan fingerprint density at radius 1 is 1.36 bits per heavy atom. The first-order valence-corrected chi connectivity index (χ1v) is 6.84. The van der Waals surface area contributed by atoms with Gasteiger partial charge >= 0.3 is 0 Å². The molecule has 0 spiro atoms. The van der Waals surface area contributed by atoms with Crippen LogP contribution in [0.4, 0.5) is 14.5 Å². The predicted octanol–water partition coefficient (Wildman–Crippen LogP) is 2.90. The Labute approximate surface area is 127 Å². The van der Waals surface area contributed by atoms with E-state index >= 15 is 0 Å². The van der Waals surface area contributed by atoms with Gasteiger partial charge in [0.1, 0.15) is 18.1 Å². The van der Waals surface area contributed by atoms with E-state index in [4.69, 9.17) is 5.73 Å². The average Bonchev–Trinajstić information content (AvgIpc) is 2.53. The Kier molecular flexibility index (Phi) is 5.35. The van der Waals surface area contributed by atoms with Crippen molar-refractivity contribution >= 4 is 11.6 Å². The number of guanidine groups is 1. The fourth-order valence-electron chi connectivity index (χ4n) is 1.82. The van der Waals surface area contributed by atoms with Crippen molar-refractivity contribution in [3.05, 3.63) is 53.6 Å². The molecule has 1 aromatic heterocycles. The van der Waals surface area contributed by atoms with Gasteiger partial charge in [0.05, 0.1) is 0 Å². The van der Waals surface area contributed by atoms with E-state index < -0.39 is 6.43 Å². The van der Waals surface area contributed by atoms with Crippen LogP contribution in [0.1, 0.15) is 30.4 Å². The lowest BCUT2D eigenvalue weighted by atomic mass is 10.1. The molecule has 3 N–H and O–H groups in total. The highest BCUT2D eigenvalue weighted by atomic mass is 19.3. The number of hydrogen-bond acceptors (Lipinski definition) is 3. The molecule has 2 rings (SSSR count). The number of nitrogens with one attached hydrogen (secondary N) is 1. The molecule has 0 amide bonds. The number of alkyl halides is 2. The third-order valence-corrected chi connectivity index (χ3v) is 2.95. The van der Waals surface area contributed by atoms with Crippen molar-refractivity contribution < 1.29 is 8.78 Å². The van der Waals surface area contributed by atoms with Gasteiger partial charge in [-0.15, -0.1) is 0 Å². The van der Waals surface area contributed by atoms with Gasteiger partial charge in [-0.2, -0.15) is 0 Å². The molecular weight excluding hydrogens is 288 g/mol. The van der Waals surface area contributed by atoms with Gasteiger partial charge in [-0.25, -0.2) is 23.7 Å². The molecule has 0 fully saturated rings. The highest BCUT2D eigenvalue weighted by molar-refractivity contribution is 5.92. The quantitative estimate of drug-likeness (QED) is 0.658. The summed E-state index contributed by atoms with van der Waals surface area (Å²) in [6, 6.07) is 8.95. The Balaban J connectivity index is 2.01. The second-order valence-electron chi connectivity index (χ2n) is 4.58. The molecular formula is C15H17F2N5. The van der Waals surface area contributed by atoms with Gasteiger partial charge in [0.15, 0.2) is 5.96 Å². The molecule has 2 aromatic rings. The molecule has 0 unspecified atom stereocenters. The number of aliphatic imine (C=N–C) groups is 1. The van der Waals surface area contributed by atoms with Gasteiger partial charge in [-0.05, 0) is 30.2 Å². The topological polar surface area (TPSA) is 76.2 Å². The van der Waals surface area contributed by atoms with E-state index in [9.17, 15) is 8.78 Å². The monoisotopic (exact) mass is 305 g/mol. The minimum atomic E-state index is -2.63. The summed E-state index contributed by atoms with van der Waals surface area (Å²) in [5.41, 5.74) is 7.45. The van der Waals surface area contributed by atoms with Crippen LogP contribution >= 0.6 is 0 Å². The number of hydrogen-bond donors (Lipinski definition) is 2. The Hall–Kier alpha value is -2.57. The summed E-state index contributed by atoms with van der Waals surface area (Å²) in [6.07, 6.45) is -0.424. The van der Waals surface area contributed by atoms with E-state index in [1.807, 2.05) is 24.3 Å². The molecule has 0 saturated heterocycles. The van der Waals surface area contributed by atoms with Crippen LogP contribution in [0.2, 0.25) is 0 Å². The summed E-state index contributed by atoms with van der Waals surface area (Å²) in [5, 5.41) is 2.95. The molecule has 5 nitrogen and oxygen atoms in total. The molecule has 22 heavy (non-hydrogen) atoms. The number of aryl methyl sites for hydroxylation is 1. The summed E-state index contributed by atoms with van der Waals surface area (Å²) < 4.78 is 25.1. The first-order valence-electron chi connectivity index (χ1n) is 6.84. The van der Waals surface area contributed by atoms with Crippen LogP contribution in [0.15, 0.2) is 41.5 Å². The van der Waals surface area contributed by atoms with E-state index in [2.05, 4.69) is 27.2 Å². The molecule has 0 aliphatic rings. The number of anilines is 1. The molecule has 1 aromatic carbocycles. The van der Waals surface area contributed by atoms with Crippen molar-refractivity contribution in [1.82, 2.24) is 9.97 Å². The zero-order valence-electron chi connectivity index (χ0n) is 12.1. The zero-order chi connectivity index (χ0) is 15.9. The Bertz CT molecular complexity index is 658. The zero-order valence-corrected chi connectivity index (χ0v) is 12.1. The SMILES string of the molecule is CCc1cccc(NC(N)=NCc2nccc(C(F)F)n2)c1. The van der Waals surface area contributed by atoms with E-state index in [0.717, 1.165) is 12.1 Å².